The van der Waals surface area contributed by atoms with Crippen LogP contribution in [0, 0.1) is 0 Å². The molecule has 3 aliphatic heterocycles. The molecule has 1 atom stereocenters. The number of anilines is 1. The van der Waals surface area contributed by atoms with Gasteiger partial charge in [-0.05, 0) is 64.0 Å². The molecule has 1 aromatic rings. The summed E-state index contributed by atoms with van der Waals surface area (Å²) >= 11 is 0. The normalized spacial score (nSPS) is 26.5. The molecular formula is C23H38N4O. The van der Waals surface area contributed by atoms with Gasteiger partial charge in [0, 0.05) is 44.8 Å². The number of nitrogens with zero attached hydrogens (tertiary/aromatic N) is 4. The molecule has 0 radical (unpaired) electrons. The highest BCUT2D eigenvalue weighted by atomic mass is 16.5. The van der Waals surface area contributed by atoms with Crippen molar-refractivity contribution in [3.63, 3.8) is 0 Å². The number of hydrogen-bond acceptors (Lipinski definition) is 5. The average molecular weight is 387 g/mol. The van der Waals surface area contributed by atoms with E-state index in [1.165, 1.54) is 77.2 Å². The van der Waals surface area contributed by atoms with Gasteiger partial charge < -0.3 is 14.5 Å². The highest BCUT2D eigenvalue weighted by Crippen LogP contribution is 2.29. The van der Waals surface area contributed by atoms with Gasteiger partial charge in [-0.3, -0.25) is 9.80 Å². The topological polar surface area (TPSA) is 22.2 Å². The largest absolute Gasteiger partial charge is 0.495 e. The smallest absolute Gasteiger partial charge is 0.142 e. The third-order valence-corrected chi connectivity index (χ3v) is 7.21. The first-order chi connectivity index (χ1) is 13.8. The van der Waals surface area contributed by atoms with E-state index < -0.39 is 0 Å². The lowest BCUT2D eigenvalue weighted by molar-refractivity contribution is 0.0426. The Kier molecular flexibility index (Phi) is 6.76. The summed E-state index contributed by atoms with van der Waals surface area (Å²) in [6.45, 7) is 13.2. The molecular weight excluding hydrogens is 348 g/mol. The predicted octanol–water partition coefficient (Wildman–Crippen LogP) is 2.77. The zero-order valence-corrected chi connectivity index (χ0v) is 17.9. The predicted molar refractivity (Wildman–Crippen MR) is 117 cm³/mol. The van der Waals surface area contributed by atoms with Crippen LogP contribution in [0.5, 0.6) is 5.75 Å². The molecule has 0 aromatic heterocycles. The van der Waals surface area contributed by atoms with Gasteiger partial charge in [0.05, 0.1) is 12.8 Å². The lowest BCUT2D eigenvalue weighted by Gasteiger charge is -2.47. The fraction of sp³-hybridized carbons (Fsp3) is 0.739. The van der Waals surface area contributed by atoms with Crippen LogP contribution < -0.4 is 9.64 Å². The fourth-order valence-electron chi connectivity index (χ4n) is 5.43. The Morgan fingerprint density at radius 1 is 0.857 bits per heavy atom. The van der Waals surface area contributed by atoms with E-state index in [0.717, 1.165) is 30.9 Å². The van der Waals surface area contributed by atoms with E-state index >= 15 is 0 Å². The molecule has 0 spiro atoms. The maximum atomic E-state index is 5.57. The second kappa shape index (κ2) is 9.47. The molecule has 156 valence electrons. The first-order valence-corrected chi connectivity index (χ1v) is 11.4. The zero-order valence-electron chi connectivity index (χ0n) is 17.9. The van der Waals surface area contributed by atoms with Crippen LogP contribution in [0.2, 0.25) is 0 Å². The van der Waals surface area contributed by atoms with E-state index in [4.69, 9.17) is 4.74 Å². The van der Waals surface area contributed by atoms with E-state index in [1.54, 1.807) is 7.11 Å². The molecule has 0 aliphatic carbocycles. The highest BCUT2D eigenvalue weighted by molar-refractivity contribution is 5.58. The Bertz CT molecular complexity index is 608. The van der Waals surface area contributed by atoms with Gasteiger partial charge in [0.15, 0.2) is 0 Å². The van der Waals surface area contributed by atoms with Crippen molar-refractivity contribution >= 4 is 5.69 Å². The number of benzene rings is 1. The number of piperazine rings is 1. The lowest BCUT2D eigenvalue weighted by atomic mass is 9.97. The van der Waals surface area contributed by atoms with E-state index in [0.29, 0.717) is 0 Å². The van der Waals surface area contributed by atoms with Gasteiger partial charge in [-0.2, -0.15) is 0 Å². The Hall–Kier alpha value is -1.30. The molecule has 0 amide bonds. The zero-order chi connectivity index (χ0) is 19.3. The van der Waals surface area contributed by atoms with Crippen LogP contribution in [0.4, 0.5) is 5.69 Å². The van der Waals surface area contributed by atoms with Crippen LogP contribution >= 0.6 is 0 Å². The Morgan fingerprint density at radius 2 is 1.61 bits per heavy atom. The lowest BCUT2D eigenvalue weighted by Crippen LogP contribution is -2.57. The van der Waals surface area contributed by atoms with Crippen LogP contribution in [0.25, 0.3) is 0 Å². The maximum absolute atomic E-state index is 5.57. The SMILES string of the molecule is CCN1CCC(N2CCC[C@@H](N3CCN(c4ccccc4OC)CC3)C2)CC1. The molecule has 28 heavy (non-hydrogen) atoms. The van der Waals surface area contributed by atoms with Crippen LogP contribution in [0.3, 0.4) is 0 Å². The first kappa shape index (κ1) is 20.0. The number of methoxy groups -OCH3 is 1. The van der Waals surface area contributed by atoms with E-state index in [-0.39, 0.29) is 0 Å². The number of rotatable bonds is 5. The Morgan fingerprint density at radius 3 is 2.32 bits per heavy atom. The maximum Gasteiger partial charge on any atom is 0.142 e. The second-order valence-corrected chi connectivity index (χ2v) is 8.65. The van der Waals surface area contributed by atoms with Crippen molar-refractivity contribution < 1.29 is 4.74 Å². The molecule has 3 aliphatic rings. The van der Waals surface area contributed by atoms with E-state index in [1.807, 2.05) is 0 Å². The molecule has 1 aromatic carbocycles. The van der Waals surface area contributed by atoms with Gasteiger partial charge in [-0.15, -0.1) is 0 Å². The van der Waals surface area contributed by atoms with Crippen molar-refractivity contribution in [2.45, 2.75) is 44.7 Å². The quantitative estimate of drug-likeness (QED) is 0.774. The second-order valence-electron chi connectivity index (χ2n) is 8.65. The van der Waals surface area contributed by atoms with Crippen LogP contribution in [-0.4, -0.2) is 92.8 Å². The molecule has 5 nitrogen and oxygen atoms in total. The molecule has 4 rings (SSSR count). The monoisotopic (exact) mass is 386 g/mol. The third-order valence-electron chi connectivity index (χ3n) is 7.21. The standard InChI is InChI=1S/C23H38N4O/c1-3-24-13-10-20(11-14-24)27-12-6-7-21(19-27)25-15-17-26(18-16-25)22-8-4-5-9-23(22)28-2/h4-5,8-9,20-21H,3,6-7,10-19H2,1-2H3/t21-/m1/s1. The van der Waals surface area contributed by atoms with Crippen molar-refractivity contribution in [3.05, 3.63) is 24.3 Å². The highest BCUT2D eigenvalue weighted by Gasteiger charge is 2.32. The summed E-state index contributed by atoms with van der Waals surface area (Å²) in [5.41, 5.74) is 1.25. The first-order valence-electron chi connectivity index (χ1n) is 11.4. The van der Waals surface area contributed by atoms with Gasteiger partial charge in [-0.1, -0.05) is 19.1 Å². The van der Waals surface area contributed by atoms with Gasteiger partial charge in [0.1, 0.15) is 5.75 Å². The van der Waals surface area contributed by atoms with Crippen molar-refractivity contribution in [1.29, 1.82) is 0 Å². The number of ether oxygens (including phenoxy) is 1. The summed E-state index contributed by atoms with van der Waals surface area (Å²) in [4.78, 5) is 10.7. The number of piperidine rings is 2. The van der Waals surface area contributed by atoms with E-state index in [9.17, 15) is 0 Å². The van der Waals surface area contributed by atoms with Gasteiger partial charge in [0.25, 0.3) is 0 Å². The number of para-hydroxylation sites is 2. The molecule has 3 saturated heterocycles. The van der Waals surface area contributed by atoms with Crippen molar-refractivity contribution in [1.82, 2.24) is 14.7 Å². The Labute approximate surface area is 171 Å². The van der Waals surface area contributed by atoms with Crippen LogP contribution in [-0.2, 0) is 0 Å². The van der Waals surface area contributed by atoms with Gasteiger partial charge in [0.2, 0.25) is 0 Å². The minimum atomic E-state index is 0.748. The van der Waals surface area contributed by atoms with Crippen molar-refractivity contribution in [2.75, 3.05) is 70.9 Å². The van der Waals surface area contributed by atoms with E-state index in [2.05, 4.69) is 50.8 Å². The third kappa shape index (κ3) is 4.47. The van der Waals surface area contributed by atoms with Crippen LogP contribution in [0.1, 0.15) is 32.6 Å². The van der Waals surface area contributed by atoms with Gasteiger partial charge >= 0.3 is 0 Å². The molecule has 0 unspecified atom stereocenters. The summed E-state index contributed by atoms with van der Waals surface area (Å²) in [5, 5.41) is 0. The van der Waals surface area contributed by atoms with Crippen LogP contribution in [0.15, 0.2) is 24.3 Å². The summed E-state index contributed by atoms with van der Waals surface area (Å²) < 4.78 is 5.57. The molecule has 0 N–H and O–H groups in total. The van der Waals surface area contributed by atoms with Gasteiger partial charge in [-0.25, -0.2) is 0 Å². The summed E-state index contributed by atoms with van der Waals surface area (Å²) in [6.07, 6.45) is 5.47. The average Bonchev–Trinajstić information content (AvgIpc) is 2.79. The number of likely N-dealkylation sites (tertiary alicyclic amines) is 2. The molecule has 3 fully saturated rings. The summed E-state index contributed by atoms with van der Waals surface area (Å²) in [7, 11) is 1.77. The Balaban J connectivity index is 1.30. The molecule has 3 heterocycles. The summed E-state index contributed by atoms with van der Waals surface area (Å²) in [6, 6.07) is 10.0. The minimum Gasteiger partial charge on any atom is -0.495 e. The fourth-order valence-corrected chi connectivity index (χ4v) is 5.43. The molecule has 5 heteroatoms. The summed E-state index contributed by atoms with van der Waals surface area (Å²) in [5.74, 6) is 0.998. The molecule has 0 saturated carbocycles. The molecule has 0 bridgehead atoms. The number of hydrogen-bond donors (Lipinski definition) is 0. The van der Waals surface area contributed by atoms with Crippen molar-refractivity contribution in [3.8, 4) is 5.75 Å². The van der Waals surface area contributed by atoms with Crippen molar-refractivity contribution in [2.24, 2.45) is 0 Å². The minimum absolute atomic E-state index is 0.748.